The minimum Gasteiger partial charge on any atom is -0.375 e. The van der Waals surface area contributed by atoms with E-state index in [1.165, 1.54) is 0 Å². The van der Waals surface area contributed by atoms with E-state index < -0.39 is 13.9 Å². The van der Waals surface area contributed by atoms with Crippen LogP contribution in [0.2, 0.25) is 0 Å². The largest absolute Gasteiger partial charge is 0.466 e. The van der Waals surface area contributed by atoms with E-state index in [2.05, 4.69) is 29.5 Å². The predicted molar refractivity (Wildman–Crippen MR) is 52.1 cm³/mol. The Hall–Kier alpha value is -0.970. The second kappa shape index (κ2) is 10.1. The topological polar surface area (TPSA) is 211 Å². The van der Waals surface area contributed by atoms with Crippen molar-refractivity contribution in [2.75, 3.05) is 0 Å². The highest BCUT2D eigenvalue weighted by Gasteiger charge is 2.00. The Morgan fingerprint density at radius 2 is 1.29 bits per heavy atom. The number of primary amides is 2. The molecule has 0 aromatic rings. The van der Waals surface area contributed by atoms with E-state index in [-0.39, 0.29) is 5.11 Å². The van der Waals surface area contributed by atoms with Crippen LogP contribution in [0.4, 0.5) is 4.79 Å². The third-order valence-electron chi connectivity index (χ3n) is 0.142. The fourth-order valence-electron chi connectivity index (χ4n) is 0. The lowest BCUT2D eigenvalue weighted by molar-refractivity contribution is 0.256. The first kappa shape index (κ1) is 18.7. The number of hydrazine groups is 1. The van der Waals surface area contributed by atoms with Crippen LogP contribution in [0, 0.1) is 0 Å². The molecule has 14 heavy (non-hydrogen) atoms. The van der Waals surface area contributed by atoms with E-state index >= 15 is 0 Å². The van der Waals surface area contributed by atoms with Crippen molar-refractivity contribution in [1.82, 2.24) is 5.43 Å². The van der Waals surface area contributed by atoms with Gasteiger partial charge in [-0.1, -0.05) is 0 Å². The molecule has 0 rings (SSSR count). The van der Waals surface area contributed by atoms with Crippen LogP contribution in [-0.2, 0) is 4.57 Å². The Kier molecular flexibility index (Phi) is 13.5. The Morgan fingerprint density at radius 3 is 1.29 bits per heavy atom. The maximum atomic E-state index is 9.00. The molecule has 0 aliphatic heterocycles. The van der Waals surface area contributed by atoms with Gasteiger partial charge in [0, 0.05) is 0 Å². The highest BCUT2D eigenvalue weighted by Crippen LogP contribution is 2.25. The summed E-state index contributed by atoms with van der Waals surface area (Å²) in [6.07, 6.45) is 0. The van der Waals surface area contributed by atoms with E-state index in [1.54, 1.807) is 0 Å². The van der Waals surface area contributed by atoms with Gasteiger partial charge in [-0.15, -0.1) is 0 Å². The molecule has 0 bridgehead atoms. The average molecular weight is 249 g/mol. The van der Waals surface area contributed by atoms with Gasteiger partial charge in [-0.3, -0.25) is 0 Å². The highest BCUT2D eigenvalue weighted by molar-refractivity contribution is 7.80. The fraction of sp³-hybridized carbons (Fsp3) is 0. The van der Waals surface area contributed by atoms with Crippen molar-refractivity contribution >= 4 is 31.2 Å². The molecule has 0 fully saturated rings. The normalized spacial score (nSPS) is 8.29. The van der Waals surface area contributed by atoms with Crippen molar-refractivity contribution in [1.29, 1.82) is 0 Å². The van der Waals surface area contributed by atoms with E-state index in [1.807, 2.05) is 5.43 Å². The van der Waals surface area contributed by atoms with Crippen LogP contribution < -0.4 is 28.5 Å². The number of carbonyl (C=O) groups is 1. The number of hydrogen-bond donors (Lipinski definition) is 8. The molecule has 0 radical (unpaired) electrons. The van der Waals surface area contributed by atoms with E-state index in [0.29, 0.717) is 0 Å². The number of hydrogen-bond acceptors (Lipinski definition) is 4. The molecule has 86 valence electrons. The first-order valence-electron chi connectivity index (χ1n) is 2.60. The standard InChI is InChI=1S/CH5N3S.CH4N2O.H3O4P/c2-1(5)4-3;2-1(3)4;1-5(2,3)4/h3H2,(H3,2,4,5);(H4,2,3,4);(H3,1,2,3,4). The van der Waals surface area contributed by atoms with Crippen LogP contribution in [0.25, 0.3) is 0 Å². The van der Waals surface area contributed by atoms with E-state index in [4.69, 9.17) is 29.8 Å². The van der Waals surface area contributed by atoms with Crippen molar-refractivity contribution in [2.45, 2.75) is 0 Å². The Bertz CT molecular complexity index is 204. The second-order valence-corrected chi connectivity index (χ2v) is 2.89. The van der Waals surface area contributed by atoms with Crippen molar-refractivity contribution in [3.05, 3.63) is 0 Å². The quantitative estimate of drug-likeness (QED) is 0.0937. The first-order valence-corrected chi connectivity index (χ1v) is 4.57. The molecule has 0 saturated heterocycles. The summed E-state index contributed by atoms with van der Waals surface area (Å²) in [5.41, 5.74) is 15.3. The van der Waals surface area contributed by atoms with Gasteiger partial charge in [-0.25, -0.2) is 15.2 Å². The van der Waals surface area contributed by atoms with Crippen LogP contribution in [0.1, 0.15) is 0 Å². The maximum absolute atomic E-state index is 9.00. The molecule has 0 unspecified atom stereocenters. The molecule has 0 aromatic carbocycles. The van der Waals surface area contributed by atoms with Crippen LogP contribution in [-0.4, -0.2) is 25.8 Å². The second-order valence-electron chi connectivity index (χ2n) is 1.42. The molecule has 2 amide bonds. The van der Waals surface area contributed by atoms with Crippen LogP contribution in [0.15, 0.2) is 0 Å². The molecule has 12 N–H and O–H groups in total. The third-order valence-corrected chi connectivity index (χ3v) is 0.260. The van der Waals surface area contributed by atoms with Gasteiger partial charge in [-0.05, 0) is 12.2 Å². The van der Waals surface area contributed by atoms with Gasteiger partial charge in [0.05, 0.1) is 0 Å². The van der Waals surface area contributed by atoms with Gasteiger partial charge in [0.15, 0.2) is 5.11 Å². The summed E-state index contributed by atoms with van der Waals surface area (Å²) < 4.78 is 8.88. The molecule has 0 saturated carbocycles. The Morgan fingerprint density at radius 1 is 1.21 bits per heavy atom. The number of phosphoric acid groups is 1. The molecular formula is C2H12N5O5PS. The predicted octanol–water partition coefficient (Wildman–Crippen LogP) is -3.21. The summed E-state index contributed by atoms with van der Waals surface area (Å²) in [6.45, 7) is 0. The van der Waals surface area contributed by atoms with Gasteiger partial charge in [0.2, 0.25) is 0 Å². The zero-order chi connectivity index (χ0) is 12.4. The first-order chi connectivity index (χ1) is 6.00. The van der Waals surface area contributed by atoms with Gasteiger partial charge in [0.1, 0.15) is 0 Å². The number of nitrogens with two attached hydrogens (primary N) is 4. The summed E-state index contributed by atoms with van der Waals surface area (Å²) in [7, 11) is -4.64. The minimum atomic E-state index is -4.64. The third kappa shape index (κ3) is 1050. The lowest BCUT2D eigenvalue weighted by atomic mass is 11.2. The number of urea groups is 1. The minimum absolute atomic E-state index is 0.116. The van der Waals surface area contributed by atoms with Gasteiger partial charge in [-0.2, -0.15) is 0 Å². The SMILES string of the molecule is NC(N)=O.NNC(N)=S.O=P(O)(O)O. The van der Waals surface area contributed by atoms with Crippen molar-refractivity contribution in [3.63, 3.8) is 0 Å². The Labute approximate surface area is 84.4 Å². The molecule has 0 spiro atoms. The fourth-order valence-corrected chi connectivity index (χ4v) is 0. The van der Waals surface area contributed by atoms with E-state index in [9.17, 15) is 0 Å². The van der Waals surface area contributed by atoms with Crippen molar-refractivity contribution < 1.29 is 24.0 Å². The zero-order valence-corrected chi connectivity index (χ0v) is 8.53. The molecule has 0 aliphatic rings. The molecule has 0 atom stereocenters. The van der Waals surface area contributed by atoms with Crippen molar-refractivity contribution in [2.24, 2.45) is 23.0 Å². The molecule has 10 nitrogen and oxygen atoms in total. The van der Waals surface area contributed by atoms with Crippen LogP contribution in [0.3, 0.4) is 0 Å². The van der Waals surface area contributed by atoms with Crippen molar-refractivity contribution in [3.8, 4) is 0 Å². The highest BCUT2D eigenvalue weighted by atomic mass is 32.1. The molecular weight excluding hydrogens is 237 g/mol. The monoisotopic (exact) mass is 249 g/mol. The maximum Gasteiger partial charge on any atom is 0.466 e. The molecule has 12 heteroatoms. The van der Waals surface area contributed by atoms with Gasteiger partial charge < -0.3 is 37.3 Å². The number of amides is 2. The van der Waals surface area contributed by atoms with Gasteiger partial charge >= 0.3 is 13.9 Å². The number of nitrogens with one attached hydrogen (secondary N) is 1. The smallest absolute Gasteiger partial charge is 0.375 e. The van der Waals surface area contributed by atoms with Crippen LogP contribution >= 0.6 is 20.0 Å². The Balaban J connectivity index is -0.000000131. The molecule has 0 aliphatic carbocycles. The average Bonchev–Trinajstić information content (AvgIpc) is 1.82. The number of thiocarbonyl (C=S) groups is 1. The number of rotatable bonds is 0. The zero-order valence-electron chi connectivity index (χ0n) is 6.82. The summed E-state index contributed by atoms with van der Waals surface area (Å²) in [4.78, 5) is 30.6. The summed E-state index contributed by atoms with van der Waals surface area (Å²) in [5.74, 6) is 4.66. The lowest BCUT2D eigenvalue weighted by Crippen LogP contribution is -2.34. The summed E-state index contributed by atoms with van der Waals surface area (Å²) in [5, 5.41) is 0.116. The number of carbonyl (C=O) groups excluding carboxylic acids is 1. The van der Waals surface area contributed by atoms with Crippen LogP contribution in [0.5, 0.6) is 0 Å². The summed E-state index contributed by atoms with van der Waals surface area (Å²) >= 11 is 4.24. The van der Waals surface area contributed by atoms with E-state index in [0.717, 1.165) is 0 Å². The summed E-state index contributed by atoms with van der Waals surface area (Å²) in [6, 6.07) is -0.833. The van der Waals surface area contributed by atoms with Gasteiger partial charge in [0.25, 0.3) is 0 Å². The molecule has 0 aromatic heterocycles. The lowest BCUT2D eigenvalue weighted by Gasteiger charge is -1.85. The molecule has 0 heterocycles.